The maximum Gasteiger partial charge on any atom is 0.250 e. The third-order valence-corrected chi connectivity index (χ3v) is 5.57. The van der Waals surface area contributed by atoms with Crippen molar-refractivity contribution in [3.8, 4) is 5.69 Å². The Morgan fingerprint density at radius 1 is 1.14 bits per heavy atom. The van der Waals surface area contributed by atoms with Crippen LogP contribution >= 0.6 is 0 Å². The first-order chi connectivity index (χ1) is 14.1. The summed E-state index contributed by atoms with van der Waals surface area (Å²) in [6.45, 7) is 0. The van der Waals surface area contributed by atoms with Gasteiger partial charge in [-0.15, -0.1) is 0 Å². The molecule has 2 aromatic heterocycles. The molecule has 1 aromatic carbocycles. The molecule has 1 amide bonds. The minimum absolute atomic E-state index is 0.185. The molecule has 4 N–H and O–H groups in total. The lowest BCUT2D eigenvalue weighted by molar-refractivity contribution is 0.1000. The summed E-state index contributed by atoms with van der Waals surface area (Å²) in [5.74, 6) is -0.447. The summed E-state index contributed by atoms with van der Waals surface area (Å²) >= 11 is 0. The van der Waals surface area contributed by atoms with E-state index in [0.717, 1.165) is 48.3 Å². The molecule has 0 saturated heterocycles. The number of nitrogens with two attached hydrogens (primary N) is 1. The van der Waals surface area contributed by atoms with Gasteiger partial charge in [0.2, 0.25) is 0 Å². The number of carbonyl (C=O) groups excluding carboxylic acids is 1. The van der Waals surface area contributed by atoms with Crippen LogP contribution in [0.25, 0.3) is 5.69 Å². The molecular formula is C23H26N4O2. The Hall–Kier alpha value is -3.12. The van der Waals surface area contributed by atoms with Crippen molar-refractivity contribution in [3.63, 3.8) is 0 Å². The van der Waals surface area contributed by atoms with Gasteiger partial charge in [-0.2, -0.15) is 0 Å². The van der Waals surface area contributed by atoms with E-state index in [1.54, 1.807) is 12.3 Å². The third kappa shape index (κ3) is 4.32. The Kier molecular flexibility index (Phi) is 5.62. The molecule has 6 heteroatoms. The van der Waals surface area contributed by atoms with Crippen LogP contribution in [0.4, 0.5) is 5.69 Å². The number of hydrogen-bond donors (Lipinski definition) is 3. The van der Waals surface area contributed by atoms with Crippen LogP contribution in [0.3, 0.4) is 0 Å². The van der Waals surface area contributed by atoms with Crippen LogP contribution in [-0.2, 0) is 6.42 Å². The molecule has 0 unspecified atom stereocenters. The van der Waals surface area contributed by atoms with Gasteiger partial charge in [-0.3, -0.25) is 9.78 Å². The van der Waals surface area contributed by atoms with Crippen molar-refractivity contribution >= 4 is 11.6 Å². The molecule has 3 aromatic rings. The van der Waals surface area contributed by atoms with Gasteiger partial charge < -0.3 is 20.7 Å². The normalized spacial score (nSPS) is 19.1. The lowest BCUT2D eigenvalue weighted by Gasteiger charge is -2.27. The van der Waals surface area contributed by atoms with Gasteiger partial charge in [0.1, 0.15) is 0 Å². The number of aromatic nitrogens is 2. The first kappa shape index (κ1) is 19.2. The van der Waals surface area contributed by atoms with Crippen LogP contribution < -0.4 is 11.1 Å². The number of anilines is 1. The summed E-state index contributed by atoms with van der Waals surface area (Å²) in [4.78, 5) is 16.2. The number of hydrogen-bond acceptors (Lipinski definition) is 4. The number of nitrogens with zero attached hydrogens (tertiary/aromatic N) is 2. The lowest BCUT2D eigenvalue weighted by Crippen LogP contribution is -2.28. The van der Waals surface area contributed by atoms with Gasteiger partial charge in [-0.1, -0.05) is 18.2 Å². The highest BCUT2D eigenvalue weighted by atomic mass is 16.3. The standard InChI is InChI=1S/C23H26N4O2/c24-23(29)19-5-1-2-6-21(19)27-13-11-20(26-17-7-9-18(28)10-8-17)22(27)14-16-4-3-12-25-15-16/h1-6,11-13,15,17-18,26,28H,7-10,14H2,(H2,24,29). The number of benzene rings is 1. The second-order valence-electron chi connectivity index (χ2n) is 7.62. The molecule has 0 radical (unpaired) electrons. The second-order valence-corrected chi connectivity index (χ2v) is 7.62. The van der Waals surface area contributed by atoms with Crippen molar-refractivity contribution in [2.45, 2.75) is 44.2 Å². The molecule has 2 heterocycles. The van der Waals surface area contributed by atoms with Crippen LogP contribution in [-0.4, -0.2) is 32.7 Å². The minimum Gasteiger partial charge on any atom is -0.393 e. The third-order valence-electron chi connectivity index (χ3n) is 5.57. The highest BCUT2D eigenvalue weighted by molar-refractivity contribution is 5.96. The van der Waals surface area contributed by atoms with Crippen molar-refractivity contribution in [2.24, 2.45) is 5.73 Å². The lowest BCUT2D eigenvalue weighted by atomic mass is 9.93. The Morgan fingerprint density at radius 2 is 1.93 bits per heavy atom. The predicted octanol–water partition coefficient (Wildman–Crippen LogP) is 3.28. The van der Waals surface area contributed by atoms with E-state index < -0.39 is 5.91 Å². The van der Waals surface area contributed by atoms with Gasteiger partial charge in [0.05, 0.1) is 28.7 Å². The van der Waals surface area contributed by atoms with Crippen molar-refractivity contribution < 1.29 is 9.90 Å². The van der Waals surface area contributed by atoms with Crippen molar-refractivity contribution in [3.05, 3.63) is 77.9 Å². The number of carbonyl (C=O) groups is 1. The van der Waals surface area contributed by atoms with Gasteiger partial charge in [-0.05, 0) is 55.5 Å². The van der Waals surface area contributed by atoms with Gasteiger partial charge in [0.15, 0.2) is 0 Å². The summed E-state index contributed by atoms with van der Waals surface area (Å²) in [6, 6.07) is 13.7. The number of aliphatic hydroxyl groups excluding tert-OH is 1. The summed E-state index contributed by atoms with van der Waals surface area (Å²) in [7, 11) is 0. The predicted molar refractivity (Wildman–Crippen MR) is 113 cm³/mol. The Labute approximate surface area is 170 Å². The fourth-order valence-corrected chi connectivity index (χ4v) is 4.03. The Bertz CT molecular complexity index is 976. The van der Waals surface area contributed by atoms with Crippen LogP contribution in [0.5, 0.6) is 0 Å². The molecule has 1 aliphatic carbocycles. The molecule has 1 fully saturated rings. The number of amides is 1. The molecule has 1 saturated carbocycles. The Balaban J connectivity index is 1.72. The highest BCUT2D eigenvalue weighted by Crippen LogP contribution is 2.29. The average Bonchev–Trinajstić information content (AvgIpc) is 3.12. The number of para-hydroxylation sites is 1. The minimum atomic E-state index is -0.447. The first-order valence-corrected chi connectivity index (χ1v) is 10.0. The SMILES string of the molecule is NC(=O)c1ccccc1-n1ccc(NC2CCC(O)CC2)c1Cc1cccnc1. The van der Waals surface area contributed by atoms with E-state index >= 15 is 0 Å². The van der Waals surface area contributed by atoms with Gasteiger partial charge >= 0.3 is 0 Å². The summed E-state index contributed by atoms with van der Waals surface area (Å²) in [5.41, 5.74) is 10.1. The van der Waals surface area contributed by atoms with E-state index in [1.807, 2.05) is 47.3 Å². The molecule has 0 spiro atoms. The van der Waals surface area contributed by atoms with Crippen LogP contribution in [0.1, 0.15) is 47.3 Å². The van der Waals surface area contributed by atoms with Crippen molar-refractivity contribution in [1.82, 2.24) is 9.55 Å². The smallest absolute Gasteiger partial charge is 0.250 e. The van der Waals surface area contributed by atoms with E-state index in [2.05, 4.69) is 16.4 Å². The van der Waals surface area contributed by atoms with Crippen LogP contribution in [0, 0.1) is 0 Å². The van der Waals surface area contributed by atoms with Crippen molar-refractivity contribution in [1.29, 1.82) is 0 Å². The molecular weight excluding hydrogens is 364 g/mol. The van der Waals surface area contributed by atoms with Gasteiger partial charge in [-0.25, -0.2) is 0 Å². The maximum atomic E-state index is 12.0. The van der Waals surface area contributed by atoms with E-state index in [1.165, 1.54) is 0 Å². The summed E-state index contributed by atoms with van der Waals surface area (Å²) in [6.07, 6.45) is 9.61. The second kappa shape index (κ2) is 8.49. The largest absolute Gasteiger partial charge is 0.393 e. The maximum absolute atomic E-state index is 12.0. The monoisotopic (exact) mass is 390 g/mol. The molecule has 6 nitrogen and oxygen atoms in total. The van der Waals surface area contributed by atoms with E-state index in [4.69, 9.17) is 5.73 Å². The van der Waals surface area contributed by atoms with Gasteiger partial charge in [0, 0.05) is 31.1 Å². The number of nitrogens with one attached hydrogen (secondary N) is 1. The van der Waals surface area contributed by atoms with E-state index in [-0.39, 0.29) is 6.10 Å². The molecule has 0 atom stereocenters. The molecule has 29 heavy (non-hydrogen) atoms. The zero-order chi connectivity index (χ0) is 20.2. The van der Waals surface area contributed by atoms with E-state index in [9.17, 15) is 9.90 Å². The van der Waals surface area contributed by atoms with Crippen molar-refractivity contribution in [2.75, 3.05) is 5.32 Å². The fourth-order valence-electron chi connectivity index (χ4n) is 4.03. The first-order valence-electron chi connectivity index (χ1n) is 10.0. The Morgan fingerprint density at radius 3 is 2.66 bits per heavy atom. The average molecular weight is 390 g/mol. The fraction of sp³-hybridized carbons (Fsp3) is 0.304. The quantitative estimate of drug-likeness (QED) is 0.602. The van der Waals surface area contributed by atoms with Crippen LogP contribution in [0.15, 0.2) is 61.1 Å². The number of aliphatic hydroxyl groups is 1. The summed E-state index contributed by atoms with van der Waals surface area (Å²) in [5, 5.41) is 13.5. The molecule has 4 rings (SSSR count). The summed E-state index contributed by atoms with van der Waals surface area (Å²) < 4.78 is 2.03. The topological polar surface area (TPSA) is 93.2 Å². The molecule has 0 aliphatic heterocycles. The zero-order valence-corrected chi connectivity index (χ0v) is 16.3. The molecule has 1 aliphatic rings. The zero-order valence-electron chi connectivity index (χ0n) is 16.3. The highest BCUT2D eigenvalue weighted by Gasteiger charge is 2.22. The van der Waals surface area contributed by atoms with Gasteiger partial charge in [0.25, 0.3) is 5.91 Å². The number of pyridine rings is 1. The van der Waals surface area contributed by atoms with Crippen LogP contribution in [0.2, 0.25) is 0 Å². The number of rotatable bonds is 6. The molecule has 150 valence electrons. The molecule has 0 bridgehead atoms. The number of primary amides is 1. The van der Waals surface area contributed by atoms with E-state index in [0.29, 0.717) is 18.0 Å².